The van der Waals surface area contributed by atoms with E-state index in [0.717, 1.165) is 11.3 Å². The van der Waals surface area contributed by atoms with Crippen molar-refractivity contribution in [1.82, 2.24) is 9.97 Å². The summed E-state index contributed by atoms with van der Waals surface area (Å²) in [7, 11) is -3.76. The van der Waals surface area contributed by atoms with E-state index in [1.54, 1.807) is 12.1 Å². The third-order valence-corrected chi connectivity index (χ3v) is 8.07. The zero-order chi connectivity index (χ0) is 22.1. The highest BCUT2D eigenvalue weighted by atomic mass is 32.2. The quantitative estimate of drug-likeness (QED) is 0.514. The molecule has 0 unspecified atom stereocenters. The van der Waals surface area contributed by atoms with Gasteiger partial charge in [0, 0.05) is 11.3 Å². The van der Waals surface area contributed by atoms with Gasteiger partial charge in [0.15, 0.2) is 0 Å². The van der Waals surface area contributed by atoms with Crippen molar-refractivity contribution >= 4 is 27.3 Å². The lowest BCUT2D eigenvalue weighted by Gasteiger charge is -2.30. The lowest BCUT2D eigenvalue weighted by atomic mass is 9.84. The summed E-state index contributed by atoms with van der Waals surface area (Å²) in [5.41, 5.74) is 4.03. The highest BCUT2D eigenvalue weighted by molar-refractivity contribution is 7.93. The second-order valence-corrected chi connectivity index (χ2v) is 10.2. The fraction of sp³-hybridized carbons (Fsp3) is 0.280. The van der Waals surface area contributed by atoms with Crippen LogP contribution >= 0.6 is 0 Å². The number of nitrogens with zero attached hydrogens (tertiary/aromatic N) is 3. The molecule has 0 amide bonds. The van der Waals surface area contributed by atoms with Crippen LogP contribution in [0.4, 0.5) is 17.3 Å². The fourth-order valence-electron chi connectivity index (χ4n) is 4.67. The molecule has 0 bridgehead atoms. The van der Waals surface area contributed by atoms with Crippen LogP contribution in [-0.4, -0.2) is 24.9 Å². The molecule has 0 spiro atoms. The van der Waals surface area contributed by atoms with Gasteiger partial charge in [-0.3, -0.25) is 4.31 Å². The first kappa shape index (κ1) is 20.7. The Labute approximate surface area is 189 Å². The first-order chi connectivity index (χ1) is 15.6. The Morgan fingerprint density at radius 2 is 1.81 bits per heavy atom. The van der Waals surface area contributed by atoms with E-state index in [9.17, 15) is 8.42 Å². The molecule has 2 heterocycles. The molecule has 2 aromatic carbocycles. The van der Waals surface area contributed by atoms with Gasteiger partial charge in [0.1, 0.15) is 4.90 Å². The number of rotatable bonds is 5. The van der Waals surface area contributed by atoms with Crippen molar-refractivity contribution in [2.45, 2.75) is 42.9 Å². The van der Waals surface area contributed by atoms with Crippen molar-refractivity contribution in [3.63, 3.8) is 0 Å². The summed E-state index contributed by atoms with van der Waals surface area (Å²) in [5.74, 6) is 1.02. The van der Waals surface area contributed by atoms with Gasteiger partial charge in [-0.2, -0.15) is 0 Å². The monoisotopic (exact) mass is 446 g/mol. The number of anilines is 3. The van der Waals surface area contributed by atoms with Crippen molar-refractivity contribution in [3.8, 4) is 11.3 Å². The van der Waals surface area contributed by atoms with Crippen LogP contribution in [-0.2, 0) is 10.0 Å². The summed E-state index contributed by atoms with van der Waals surface area (Å²) < 4.78 is 27.7. The third-order valence-electron chi connectivity index (χ3n) is 6.29. The van der Waals surface area contributed by atoms with Crippen LogP contribution < -0.4 is 9.62 Å². The van der Waals surface area contributed by atoms with E-state index in [4.69, 9.17) is 0 Å². The number of para-hydroxylation sites is 1. The van der Waals surface area contributed by atoms with E-state index in [-0.39, 0.29) is 11.4 Å². The van der Waals surface area contributed by atoms with E-state index >= 15 is 0 Å². The lowest BCUT2D eigenvalue weighted by molar-refractivity contribution is 0.443. The molecular weight excluding hydrogens is 420 g/mol. The minimum Gasteiger partial charge on any atom is -0.324 e. The molecule has 5 rings (SSSR count). The van der Waals surface area contributed by atoms with Gasteiger partial charge in [-0.15, -0.1) is 6.58 Å². The van der Waals surface area contributed by atoms with Gasteiger partial charge in [0.25, 0.3) is 10.0 Å². The maximum atomic E-state index is 13.2. The fourth-order valence-corrected chi connectivity index (χ4v) is 6.21. The molecule has 2 aliphatic rings. The van der Waals surface area contributed by atoms with Gasteiger partial charge in [-0.25, -0.2) is 18.4 Å². The van der Waals surface area contributed by atoms with Crippen LogP contribution in [0.5, 0.6) is 0 Å². The molecule has 0 atom stereocenters. The van der Waals surface area contributed by atoms with Gasteiger partial charge in [0.05, 0.1) is 24.1 Å². The highest BCUT2D eigenvalue weighted by Gasteiger charge is 2.35. The number of nitrogens with one attached hydrogen (secondary N) is 1. The molecule has 0 radical (unpaired) electrons. The van der Waals surface area contributed by atoms with Crippen LogP contribution in [0.25, 0.3) is 11.3 Å². The predicted molar refractivity (Wildman–Crippen MR) is 128 cm³/mol. The third kappa shape index (κ3) is 3.66. The predicted octanol–water partition coefficient (Wildman–Crippen LogP) is 5.63. The Morgan fingerprint density at radius 1 is 1.06 bits per heavy atom. The number of hydrogen-bond acceptors (Lipinski definition) is 5. The molecule has 7 heteroatoms. The average molecular weight is 447 g/mol. The first-order valence-electron chi connectivity index (χ1n) is 11.0. The molecule has 1 N–H and O–H groups in total. The average Bonchev–Trinajstić information content (AvgIpc) is 2.83. The summed E-state index contributed by atoms with van der Waals surface area (Å²) in [6.45, 7) is 3.89. The Balaban J connectivity index is 1.46. The Morgan fingerprint density at radius 3 is 2.56 bits per heavy atom. The molecule has 1 fully saturated rings. The molecule has 32 heavy (non-hydrogen) atoms. The van der Waals surface area contributed by atoms with Crippen LogP contribution in [0.3, 0.4) is 0 Å². The second kappa shape index (κ2) is 8.39. The van der Waals surface area contributed by atoms with E-state index in [2.05, 4.69) is 34.0 Å². The van der Waals surface area contributed by atoms with Gasteiger partial charge in [-0.05, 0) is 42.5 Å². The number of hydrogen-bond donors (Lipinski definition) is 1. The van der Waals surface area contributed by atoms with E-state index in [1.807, 2.05) is 30.3 Å². The van der Waals surface area contributed by atoms with Crippen LogP contribution in [0.2, 0.25) is 0 Å². The SMILES string of the molecule is C=CCN1c2ccccc2-c2nc(Nc3ccc(C4CCCCC4)cc3)ncc2S1(=O)=O. The summed E-state index contributed by atoms with van der Waals surface area (Å²) in [6, 6.07) is 15.8. The Hall–Kier alpha value is -3.19. The highest BCUT2D eigenvalue weighted by Crippen LogP contribution is 2.42. The molecule has 0 saturated heterocycles. The molecular formula is C25H26N4O2S. The van der Waals surface area contributed by atoms with E-state index < -0.39 is 10.0 Å². The minimum absolute atomic E-state index is 0.108. The van der Waals surface area contributed by atoms with Crippen molar-refractivity contribution in [2.24, 2.45) is 0 Å². The van der Waals surface area contributed by atoms with Gasteiger partial charge in [-0.1, -0.05) is 55.7 Å². The number of benzene rings is 2. The molecule has 1 aliphatic heterocycles. The van der Waals surface area contributed by atoms with Crippen LogP contribution in [0.1, 0.15) is 43.6 Å². The summed E-state index contributed by atoms with van der Waals surface area (Å²) in [6.07, 6.45) is 9.45. The summed E-state index contributed by atoms with van der Waals surface area (Å²) >= 11 is 0. The summed E-state index contributed by atoms with van der Waals surface area (Å²) in [4.78, 5) is 9.01. The topological polar surface area (TPSA) is 75.2 Å². The van der Waals surface area contributed by atoms with Gasteiger partial charge < -0.3 is 5.32 Å². The van der Waals surface area contributed by atoms with Gasteiger partial charge >= 0.3 is 0 Å². The first-order valence-corrected chi connectivity index (χ1v) is 12.5. The lowest BCUT2D eigenvalue weighted by Crippen LogP contribution is -2.35. The Bertz CT molecular complexity index is 1250. The molecule has 3 aromatic rings. The van der Waals surface area contributed by atoms with Gasteiger partial charge in [0.2, 0.25) is 5.95 Å². The van der Waals surface area contributed by atoms with Crippen molar-refractivity contribution < 1.29 is 8.42 Å². The van der Waals surface area contributed by atoms with Crippen molar-refractivity contribution in [2.75, 3.05) is 16.2 Å². The second-order valence-electron chi connectivity index (χ2n) is 8.33. The molecule has 1 saturated carbocycles. The smallest absolute Gasteiger partial charge is 0.268 e. The maximum Gasteiger partial charge on any atom is 0.268 e. The van der Waals surface area contributed by atoms with Crippen molar-refractivity contribution in [3.05, 3.63) is 72.9 Å². The Kier molecular flexibility index (Phi) is 5.43. The van der Waals surface area contributed by atoms with Crippen LogP contribution in [0.15, 0.2) is 72.3 Å². The largest absolute Gasteiger partial charge is 0.324 e. The standard InChI is InChI=1S/C25H26N4O2S/c1-2-16-29-22-11-7-6-10-21(22)24-23(32(29,30)31)17-26-25(28-24)27-20-14-12-19(13-15-20)18-8-4-3-5-9-18/h2,6-7,10-15,17-18H,1,3-5,8-9,16H2,(H,26,27,28). The maximum absolute atomic E-state index is 13.2. The minimum atomic E-state index is -3.76. The zero-order valence-electron chi connectivity index (χ0n) is 17.9. The molecule has 164 valence electrons. The van der Waals surface area contributed by atoms with E-state index in [1.165, 1.54) is 48.2 Å². The van der Waals surface area contributed by atoms with E-state index in [0.29, 0.717) is 23.2 Å². The number of fused-ring (bicyclic) bond motifs is 3. The molecule has 1 aliphatic carbocycles. The number of aromatic nitrogens is 2. The molecule has 6 nitrogen and oxygen atoms in total. The molecule has 1 aromatic heterocycles. The summed E-state index contributed by atoms with van der Waals surface area (Å²) in [5, 5.41) is 3.23. The van der Waals surface area contributed by atoms with Crippen LogP contribution in [0, 0.1) is 0 Å². The zero-order valence-corrected chi connectivity index (χ0v) is 18.7. The number of sulfonamides is 1. The van der Waals surface area contributed by atoms with Crippen molar-refractivity contribution in [1.29, 1.82) is 0 Å². The normalized spacial score (nSPS) is 17.3.